The summed E-state index contributed by atoms with van der Waals surface area (Å²) in [5.74, 6) is 0.164. The van der Waals surface area contributed by atoms with E-state index in [9.17, 15) is 9.18 Å². The summed E-state index contributed by atoms with van der Waals surface area (Å²) in [6.07, 6.45) is 3.33. The molecule has 0 radical (unpaired) electrons. The lowest BCUT2D eigenvalue weighted by molar-refractivity contribution is 0.209. The molecule has 1 saturated carbocycles. The van der Waals surface area contributed by atoms with Gasteiger partial charge in [-0.25, -0.2) is 9.18 Å². The topological polar surface area (TPSA) is 32.3 Å². The number of urea groups is 1. The van der Waals surface area contributed by atoms with Gasteiger partial charge in [0.25, 0.3) is 0 Å². The number of anilines is 1. The fraction of sp³-hybridized carbons (Fsp3) is 0.500. The van der Waals surface area contributed by atoms with Crippen LogP contribution in [0.3, 0.4) is 0 Å². The molecule has 1 N–H and O–H groups in total. The summed E-state index contributed by atoms with van der Waals surface area (Å²) in [4.78, 5) is 14.0. The third-order valence-corrected chi connectivity index (χ3v) is 3.42. The Labute approximate surface area is 117 Å². The maximum atomic E-state index is 13.0. The first-order valence-corrected chi connectivity index (χ1v) is 6.99. The van der Waals surface area contributed by atoms with Crippen LogP contribution in [0.4, 0.5) is 14.9 Å². The van der Waals surface area contributed by atoms with Crippen molar-refractivity contribution in [3.63, 3.8) is 0 Å². The van der Waals surface area contributed by atoms with Gasteiger partial charge in [-0.1, -0.05) is 18.5 Å². The van der Waals surface area contributed by atoms with Gasteiger partial charge in [0, 0.05) is 18.8 Å². The first-order valence-electron chi connectivity index (χ1n) is 6.61. The summed E-state index contributed by atoms with van der Waals surface area (Å²) in [7, 11) is 0. The molecule has 0 aromatic heterocycles. The van der Waals surface area contributed by atoms with E-state index in [0.29, 0.717) is 11.6 Å². The first-order chi connectivity index (χ1) is 9.10. The lowest BCUT2D eigenvalue weighted by Gasteiger charge is -2.22. The summed E-state index contributed by atoms with van der Waals surface area (Å²) in [6, 6.07) is 4.05. The second-order valence-corrected chi connectivity index (χ2v) is 5.36. The smallest absolute Gasteiger partial charge is 0.321 e. The van der Waals surface area contributed by atoms with Gasteiger partial charge in [0.2, 0.25) is 0 Å². The molecule has 0 aliphatic heterocycles. The van der Waals surface area contributed by atoms with E-state index in [1.165, 1.54) is 31.0 Å². The van der Waals surface area contributed by atoms with Gasteiger partial charge < -0.3 is 10.2 Å². The number of carbonyl (C=O) groups excluding carboxylic acids is 1. The molecule has 1 aromatic carbocycles. The maximum absolute atomic E-state index is 13.0. The third-order valence-electron chi connectivity index (χ3n) is 3.13. The molecule has 1 aliphatic rings. The summed E-state index contributed by atoms with van der Waals surface area (Å²) in [6.45, 7) is 3.58. The van der Waals surface area contributed by atoms with Gasteiger partial charge in [0.15, 0.2) is 0 Å². The van der Waals surface area contributed by atoms with Crippen LogP contribution in [0.1, 0.15) is 26.2 Å². The van der Waals surface area contributed by atoms with Crippen LogP contribution in [0.25, 0.3) is 0 Å². The number of nitrogens with zero attached hydrogens (tertiary/aromatic N) is 1. The van der Waals surface area contributed by atoms with E-state index in [-0.39, 0.29) is 11.1 Å². The Balaban J connectivity index is 1.98. The number of rotatable bonds is 5. The molecule has 1 aliphatic carbocycles. The highest BCUT2D eigenvalue weighted by Gasteiger charge is 2.26. The molecule has 5 heteroatoms. The highest BCUT2D eigenvalue weighted by molar-refractivity contribution is 6.31. The Morgan fingerprint density at radius 2 is 2.26 bits per heavy atom. The van der Waals surface area contributed by atoms with Gasteiger partial charge in [-0.3, -0.25) is 0 Å². The molecular formula is C14H18ClFN2O. The van der Waals surface area contributed by atoms with Crippen LogP contribution >= 0.6 is 11.6 Å². The van der Waals surface area contributed by atoms with Crippen molar-refractivity contribution in [1.29, 1.82) is 0 Å². The summed E-state index contributed by atoms with van der Waals surface area (Å²) >= 11 is 5.69. The van der Waals surface area contributed by atoms with Crippen LogP contribution in [-0.4, -0.2) is 24.0 Å². The van der Waals surface area contributed by atoms with Gasteiger partial charge in [-0.05, 0) is 43.4 Å². The molecule has 19 heavy (non-hydrogen) atoms. The van der Waals surface area contributed by atoms with E-state index in [2.05, 4.69) is 5.32 Å². The molecule has 0 atom stereocenters. The standard InChI is InChI=1S/C14H18ClFN2O/c1-2-7-18(9-10-3-4-10)14(19)17-11-5-6-13(16)12(15)8-11/h5-6,8,10H,2-4,7,9H2,1H3,(H,17,19). The number of carbonyl (C=O) groups is 1. The van der Waals surface area contributed by atoms with E-state index in [4.69, 9.17) is 11.6 Å². The Hall–Kier alpha value is -1.29. The largest absolute Gasteiger partial charge is 0.324 e. The van der Waals surface area contributed by atoms with Crippen LogP contribution in [-0.2, 0) is 0 Å². The number of hydrogen-bond acceptors (Lipinski definition) is 1. The molecule has 0 saturated heterocycles. The molecule has 104 valence electrons. The van der Waals surface area contributed by atoms with Crippen LogP contribution < -0.4 is 5.32 Å². The maximum Gasteiger partial charge on any atom is 0.321 e. The number of nitrogens with one attached hydrogen (secondary N) is 1. The van der Waals surface area contributed by atoms with E-state index in [0.717, 1.165) is 19.5 Å². The molecule has 2 amide bonds. The molecule has 0 unspecified atom stereocenters. The van der Waals surface area contributed by atoms with Crippen molar-refractivity contribution >= 4 is 23.3 Å². The van der Waals surface area contributed by atoms with Crippen molar-refractivity contribution in [2.75, 3.05) is 18.4 Å². The second kappa shape index (κ2) is 6.24. The van der Waals surface area contributed by atoms with Gasteiger partial charge in [0.05, 0.1) is 5.02 Å². The lowest BCUT2D eigenvalue weighted by Crippen LogP contribution is -2.37. The Morgan fingerprint density at radius 3 is 2.84 bits per heavy atom. The molecule has 3 nitrogen and oxygen atoms in total. The van der Waals surface area contributed by atoms with Crippen molar-refractivity contribution in [3.8, 4) is 0 Å². The molecule has 0 spiro atoms. The number of amides is 2. The van der Waals surface area contributed by atoms with Gasteiger partial charge in [-0.2, -0.15) is 0 Å². The average molecular weight is 285 g/mol. The minimum atomic E-state index is -0.483. The predicted molar refractivity (Wildman–Crippen MR) is 75.0 cm³/mol. The normalized spacial score (nSPS) is 14.3. The van der Waals surface area contributed by atoms with Crippen LogP contribution in [0.5, 0.6) is 0 Å². The quantitative estimate of drug-likeness (QED) is 0.866. The molecule has 1 aromatic rings. The van der Waals surface area contributed by atoms with E-state index >= 15 is 0 Å². The zero-order valence-electron chi connectivity index (χ0n) is 11.0. The van der Waals surface area contributed by atoms with E-state index < -0.39 is 5.82 Å². The highest BCUT2D eigenvalue weighted by atomic mass is 35.5. The highest BCUT2D eigenvalue weighted by Crippen LogP contribution is 2.30. The first kappa shape index (κ1) is 14.1. The summed E-state index contributed by atoms with van der Waals surface area (Å²) in [5.41, 5.74) is 0.522. The number of halogens is 2. The average Bonchev–Trinajstić information content (AvgIpc) is 3.17. The zero-order valence-corrected chi connectivity index (χ0v) is 11.7. The van der Waals surface area contributed by atoms with Gasteiger partial charge in [-0.15, -0.1) is 0 Å². The number of hydrogen-bond donors (Lipinski definition) is 1. The van der Waals surface area contributed by atoms with Crippen LogP contribution in [0.2, 0.25) is 5.02 Å². The predicted octanol–water partition coefficient (Wildman–Crippen LogP) is 4.13. The van der Waals surface area contributed by atoms with Crippen molar-refractivity contribution in [1.82, 2.24) is 4.90 Å². The Morgan fingerprint density at radius 1 is 1.53 bits per heavy atom. The summed E-state index contributed by atoms with van der Waals surface area (Å²) < 4.78 is 13.0. The lowest BCUT2D eigenvalue weighted by atomic mass is 10.3. The molecule has 1 fully saturated rings. The second-order valence-electron chi connectivity index (χ2n) is 4.95. The van der Waals surface area contributed by atoms with E-state index in [1.54, 1.807) is 0 Å². The van der Waals surface area contributed by atoms with Crippen LogP contribution in [0.15, 0.2) is 18.2 Å². The Kier molecular flexibility index (Phi) is 4.64. The van der Waals surface area contributed by atoms with Gasteiger partial charge >= 0.3 is 6.03 Å². The minimum Gasteiger partial charge on any atom is -0.324 e. The van der Waals surface area contributed by atoms with Gasteiger partial charge in [0.1, 0.15) is 5.82 Å². The molecular weight excluding hydrogens is 267 g/mol. The monoisotopic (exact) mass is 284 g/mol. The van der Waals surface area contributed by atoms with Crippen molar-refractivity contribution in [2.45, 2.75) is 26.2 Å². The van der Waals surface area contributed by atoms with Crippen LogP contribution in [0, 0.1) is 11.7 Å². The minimum absolute atomic E-state index is 0.0158. The SMILES string of the molecule is CCCN(CC1CC1)C(=O)Nc1ccc(F)c(Cl)c1. The molecule has 0 heterocycles. The molecule has 0 bridgehead atoms. The van der Waals surface area contributed by atoms with Crippen molar-refractivity contribution in [2.24, 2.45) is 5.92 Å². The summed E-state index contributed by atoms with van der Waals surface area (Å²) in [5, 5.41) is 2.78. The number of benzene rings is 1. The van der Waals surface area contributed by atoms with E-state index in [1.807, 2.05) is 11.8 Å². The molecule has 2 rings (SSSR count). The zero-order chi connectivity index (χ0) is 13.8. The fourth-order valence-corrected chi connectivity index (χ4v) is 2.11. The Bertz CT molecular complexity index is 463. The third kappa shape index (κ3) is 4.10. The van der Waals surface area contributed by atoms with Crippen molar-refractivity contribution in [3.05, 3.63) is 29.0 Å². The van der Waals surface area contributed by atoms with Crippen molar-refractivity contribution < 1.29 is 9.18 Å². The fourth-order valence-electron chi connectivity index (χ4n) is 1.93.